The Hall–Kier alpha value is -1.87. The van der Waals surface area contributed by atoms with Gasteiger partial charge in [0, 0.05) is 21.1 Å². The maximum atomic E-state index is 13.5. The summed E-state index contributed by atoms with van der Waals surface area (Å²) in [4.78, 5) is 26.5. The zero-order valence-electron chi connectivity index (χ0n) is 15.4. The Morgan fingerprint density at radius 3 is 2.31 bits per heavy atom. The van der Waals surface area contributed by atoms with Gasteiger partial charge in [0.25, 0.3) is 0 Å². The van der Waals surface area contributed by atoms with E-state index in [1.807, 2.05) is 0 Å². The molecule has 3 rings (SSSR count). The average molecular weight is 489 g/mol. The van der Waals surface area contributed by atoms with Crippen LogP contribution in [-0.2, 0) is 9.59 Å². The van der Waals surface area contributed by atoms with E-state index in [-0.39, 0.29) is 11.7 Å². The van der Waals surface area contributed by atoms with Gasteiger partial charge in [0.15, 0.2) is 6.04 Å². The number of rotatable bonds is 5. The number of alkyl halides is 3. The number of carbonyl (C=O) groups excluding carboxylic acids is 2. The average Bonchev–Trinajstić information content (AvgIpc) is 3.20. The molecule has 4 nitrogen and oxygen atoms in total. The van der Waals surface area contributed by atoms with Crippen LogP contribution in [0, 0.1) is 0 Å². The minimum Gasteiger partial charge on any atom is -0.351 e. The lowest BCUT2D eigenvalue weighted by molar-refractivity contribution is -0.171. The van der Waals surface area contributed by atoms with Crippen LogP contribution < -0.4 is 10.2 Å². The molecule has 9 heteroatoms. The van der Waals surface area contributed by atoms with Gasteiger partial charge in [0.2, 0.25) is 5.91 Å². The van der Waals surface area contributed by atoms with Gasteiger partial charge in [-0.05, 0) is 48.6 Å². The number of hydrogen-bond acceptors (Lipinski definition) is 3. The number of amides is 2. The third kappa shape index (κ3) is 5.39. The minimum atomic E-state index is -5.12. The molecule has 1 fully saturated rings. The third-order valence-corrected chi connectivity index (χ3v) is 6.29. The molecule has 1 saturated carbocycles. The normalized spacial score (nSPS) is 16.3. The van der Waals surface area contributed by atoms with E-state index < -0.39 is 24.0 Å². The summed E-state index contributed by atoms with van der Waals surface area (Å²) in [5, 5.41) is 4.55. The number of anilines is 1. The molecule has 1 aliphatic carbocycles. The first-order valence-electron chi connectivity index (χ1n) is 9.27. The van der Waals surface area contributed by atoms with Gasteiger partial charge in [-0.15, -0.1) is 11.3 Å². The molecule has 1 N–H and O–H groups in total. The highest BCUT2D eigenvalue weighted by Crippen LogP contribution is 2.35. The van der Waals surface area contributed by atoms with E-state index in [4.69, 9.17) is 0 Å². The van der Waals surface area contributed by atoms with Crippen molar-refractivity contribution in [3.05, 3.63) is 51.1 Å². The topological polar surface area (TPSA) is 49.4 Å². The maximum absolute atomic E-state index is 13.5. The van der Waals surface area contributed by atoms with E-state index in [2.05, 4.69) is 21.2 Å². The molecule has 1 heterocycles. The second-order valence-corrected chi connectivity index (χ2v) is 8.81. The van der Waals surface area contributed by atoms with E-state index in [1.165, 1.54) is 24.3 Å². The molecular formula is C20H20BrF3N2O2S. The molecule has 0 aliphatic heterocycles. The van der Waals surface area contributed by atoms with Crippen LogP contribution in [0.5, 0.6) is 0 Å². The molecule has 1 aliphatic rings. The van der Waals surface area contributed by atoms with Gasteiger partial charge in [-0.3, -0.25) is 14.5 Å². The fraction of sp³-hybridized carbons (Fsp3) is 0.400. The van der Waals surface area contributed by atoms with Crippen molar-refractivity contribution in [1.82, 2.24) is 5.32 Å². The fourth-order valence-electron chi connectivity index (χ4n) is 3.47. The molecule has 29 heavy (non-hydrogen) atoms. The lowest BCUT2D eigenvalue weighted by Gasteiger charge is -2.33. The van der Waals surface area contributed by atoms with Crippen LogP contribution in [0.1, 0.15) is 43.0 Å². The molecule has 1 aromatic carbocycles. The van der Waals surface area contributed by atoms with Gasteiger partial charge in [0.1, 0.15) is 0 Å². The molecule has 0 radical (unpaired) electrons. The Morgan fingerprint density at radius 1 is 1.10 bits per heavy atom. The Bertz CT molecular complexity index is 834. The number of hydrogen-bond donors (Lipinski definition) is 1. The van der Waals surface area contributed by atoms with Gasteiger partial charge in [0.05, 0.1) is 0 Å². The first kappa shape index (κ1) is 21.8. The quantitative estimate of drug-likeness (QED) is 0.595. The predicted molar refractivity (Wildman–Crippen MR) is 110 cm³/mol. The molecule has 2 amide bonds. The number of thiophene rings is 1. The standard InChI is InChI=1S/C20H20BrF3N2O2S/c21-13-8-10-15(11-9-13)26(19(28)20(22,23)24)17(16-7-4-12-29-16)18(27)25-14-5-2-1-3-6-14/h4,7-12,14,17H,1-3,5-6H2,(H,25,27)/t17-/m1/s1. The number of nitrogens with zero attached hydrogens (tertiary/aromatic N) is 1. The minimum absolute atomic E-state index is 0.00715. The monoisotopic (exact) mass is 488 g/mol. The van der Waals surface area contributed by atoms with E-state index in [9.17, 15) is 22.8 Å². The first-order valence-corrected chi connectivity index (χ1v) is 10.9. The molecular weight excluding hydrogens is 469 g/mol. The molecule has 0 spiro atoms. The summed E-state index contributed by atoms with van der Waals surface area (Å²) in [5.41, 5.74) is 0.00715. The lowest BCUT2D eigenvalue weighted by atomic mass is 9.95. The summed E-state index contributed by atoms with van der Waals surface area (Å²) >= 11 is 4.38. The molecule has 1 aromatic heterocycles. The SMILES string of the molecule is O=C(NC1CCCCC1)[C@@H](c1cccs1)N(C(=O)C(F)(F)F)c1ccc(Br)cc1. The summed E-state index contributed by atoms with van der Waals surface area (Å²) in [7, 11) is 0. The molecule has 0 saturated heterocycles. The third-order valence-electron chi connectivity index (χ3n) is 4.84. The van der Waals surface area contributed by atoms with Crippen LogP contribution in [0.4, 0.5) is 18.9 Å². The summed E-state index contributed by atoms with van der Waals surface area (Å²) < 4.78 is 41.0. The highest BCUT2D eigenvalue weighted by Gasteiger charge is 2.47. The molecule has 0 bridgehead atoms. The summed E-state index contributed by atoms with van der Waals surface area (Å²) in [6, 6.07) is 7.60. The summed E-state index contributed by atoms with van der Waals surface area (Å²) in [6.07, 6.45) is -0.534. The molecule has 2 aromatic rings. The van der Waals surface area contributed by atoms with E-state index in [0.717, 1.165) is 43.4 Å². The summed E-state index contributed by atoms with van der Waals surface area (Å²) in [5.74, 6) is -2.67. The Labute approximate surface area is 179 Å². The Morgan fingerprint density at radius 2 is 1.76 bits per heavy atom. The van der Waals surface area contributed by atoms with E-state index in [0.29, 0.717) is 14.2 Å². The van der Waals surface area contributed by atoms with Crippen molar-refractivity contribution in [3.63, 3.8) is 0 Å². The van der Waals surface area contributed by atoms with Gasteiger partial charge in [-0.2, -0.15) is 13.2 Å². The van der Waals surface area contributed by atoms with Crippen LogP contribution in [0.3, 0.4) is 0 Å². The Kier molecular flexibility index (Phi) is 7.00. The van der Waals surface area contributed by atoms with Crippen LogP contribution in [0.25, 0.3) is 0 Å². The fourth-order valence-corrected chi connectivity index (χ4v) is 4.55. The van der Waals surface area contributed by atoms with Crippen molar-refractivity contribution in [2.45, 2.75) is 50.4 Å². The van der Waals surface area contributed by atoms with Gasteiger partial charge >= 0.3 is 12.1 Å². The van der Waals surface area contributed by atoms with Crippen molar-refractivity contribution >= 4 is 44.8 Å². The number of carbonyl (C=O) groups is 2. The Balaban J connectivity index is 2.01. The highest BCUT2D eigenvalue weighted by molar-refractivity contribution is 9.10. The largest absolute Gasteiger partial charge is 0.471 e. The smallest absolute Gasteiger partial charge is 0.351 e. The highest BCUT2D eigenvalue weighted by atomic mass is 79.9. The molecule has 1 atom stereocenters. The maximum Gasteiger partial charge on any atom is 0.471 e. The number of nitrogens with one attached hydrogen (secondary N) is 1. The second kappa shape index (κ2) is 9.30. The molecule has 156 valence electrons. The van der Waals surface area contributed by atoms with Gasteiger partial charge < -0.3 is 5.32 Å². The predicted octanol–water partition coefficient (Wildman–Crippen LogP) is 5.60. The van der Waals surface area contributed by atoms with Crippen LogP contribution >= 0.6 is 27.3 Å². The van der Waals surface area contributed by atoms with E-state index in [1.54, 1.807) is 17.5 Å². The van der Waals surface area contributed by atoms with Crippen molar-refractivity contribution in [1.29, 1.82) is 0 Å². The van der Waals surface area contributed by atoms with Crippen molar-refractivity contribution in [3.8, 4) is 0 Å². The van der Waals surface area contributed by atoms with Crippen LogP contribution in [0.2, 0.25) is 0 Å². The van der Waals surface area contributed by atoms with Gasteiger partial charge in [-0.1, -0.05) is 41.3 Å². The second-order valence-electron chi connectivity index (χ2n) is 6.91. The van der Waals surface area contributed by atoms with Crippen molar-refractivity contribution in [2.75, 3.05) is 4.90 Å². The summed E-state index contributed by atoms with van der Waals surface area (Å²) in [6.45, 7) is 0. The zero-order valence-corrected chi connectivity index (χ0v) is 17.8. The molecule has 0 unspecified atom stereocenters. The lowest BCUT2D eigenvalue weighted by Crippen LogP contribution is -2.50. The zero-order chi connectivity index (χ0) is 21.0. The van der Waals surface area contributed by atoms with Crippen LogP contribution in [-0.4, -0.2) is 24.0 Å². The van der Waals surface area contributed by atoms with Crippen molar-refractivity contribution < 1.29 is 22.8 Å². The van der Waals surface area contributed by atoms with Crippen LogP contribution in [0.15, 0.2) is 46.3 Å². The van der Waals surface area contributed by atoms with Crippen molar-refractivity contribution in [2.24, 2.45) is 0 Å². The van der Waals surface area contributed by atoms with Gasteiger partial charge in [-0.25, -0.2) is 0 Å². The number of halogens is 4. The van der Waals surface area contributed by atoms with E-state index >= 15 is 0 Å². The number of benzene rings is 1. The first-order chi connectivity index (χ1) is 13.8.